The summed E-state index contributed by atoms with van der Waals surface area (Å²) in [6.07, 6.45) is 1.74. The molecule has 0 saturated carbocycles. The van der Waals surface area contributed by atoms with Gasteiger partial charge in [-0.1, -0.05) is 6.07 Å². The predicted octanol–water partition coefficient (Wildman–Crippen LogP) is 4.01. The Bertz CT molecular complexity index is 590. The maximum atomic E-state index is 11.1. The maximum absolute atomic E-state index is 11.1. The Morgan fingerprint density at radius 2 is 2.00 bits per heavy atom. The number of hydrogen-bond acceptors (Lipinski definition) is 1. The van der Waals surface area contributed by atoms with Gasteiger partial charge in [-0.25, -0.2) is 4.79 Å². The highest BCUT2D eigenvalue weighted by Crippen LogP contribution is 2.26. The summed E-state index contributed by atoms with van der Waals surface area (Å²) in [5, 5.41) is 9.14. The molecule has 0 amide bonds. The molecule has 1 heterocycles. The monoisotopic (exact) mass is 357 g/mol. The summed E-state index contributed by atoms with van der Waals surface area (Å²) in [4.78, 5) is 11.1. The first-order valence-corrected chi connectivity index (χ1v) is 6.45. The quantitative estimate of drug-likeness (QED) is 0.881. The SMILES string of the molecule is Cc1ccc(Br)c(-n2cc(Br)cc2C(=O)O)c1. The van der Waals surface area contributed by atoms with Gasteiger partial charge in [0.1, 0.15) is 5.69 Å². The standard InChI is InChI=1S/C12H9Br2NO2/c1-7-2-3-9(14)10(4-7)15-6-8(13)5-11(15)12(16)17/h2-6H,1H3,(H,16,17). The molecule has 0 atom stereocenters. The molecular weight excluding hydrogens is 350 g/mol. The Hall–Kier alpha value is -1.07. The van der Waals surface area contributed by atoms with Crippen molar-refractivity contribution in [3.05, 3.63) is 50.7 Å². The highest BCUT2D eigenvalue weighted by Gasteiger charge is 2.14. The van der Waals surface area contributed by atoms with E-state index in [1.807, 2.05) is 25.1 Å². The van der Waals surface area contributed by atoms with Gasteiger partial charge in [-0.15, -0.1) is 0 Å². The van der Waals surface area contributed by atoms with E-state index in [2.05, 4.69) is 31.9 Å². The lowest BCUT2D eigenvalue weighted by Crippen LogP contribution is -2.06. The molecule has 0 saturated heterocycles. The molecule has 3 nitrogen and oxygen atoms in total. The van der Waals surface area contributed by atoms with Gasteiger partial charge in [-0.05, 0) is 62.5 Å². The van der Waals surface area contributed by atoms with E-state index in [-0.39, 0.29) is 5.69 Å². The van der Waals surface area contributed by atoms with Crippen LogP contribution in [-0.4, -0.2) is 15.6 Å². The van der Waals surface area contributed by atoms with Gasteiger partial charge >= 0.3 is 5.97 Å². The first kappa shape index (κ1) is 12.4. The molecule has 0 aliphatic carbocycles. The third kappa shape index (κ3) is 2.45. The molecule has 1 aromatic heterocycles. The van der Waals surface area contributed by atoms with Gasteiger partial charge in [0.25, 0.3) is 0 Å². The fourth-order valence-corrected chi connectivity index (χ4v) is 2.46. The van der Waals surface area contributed by atoms with Crippen LogP contribution < -0.4 is 0 Å². The van der Waals surface area contributed by atoms with Crippen molar-refractivity contribution in [3.8, 4) is 5.69 Å². The van der Waals surface area contributed by atoms with Crippen molar-refractivity contribution < 1.29 is 9.90 Å². The topological polar surface area (TPSA) is 42.2 Å². The number of aryl methyl sites for hydroxylation is 1. The molecule has 2 rings (SSSR count). The predicted molar refractivity (Wildman–Crippen MR) is 72.9 cm³/mol. The van der Waals surface area contributed by atoms with E-state index >= 15 is 0 Å². The fraction of sp³-hybridized carbons (Fsp3) is 0.0833. The third-order valence-electron chi connectivity index (χ3n) is 2.37. The number of benzene rings is 1. The molecular formula is C12H9Br2NO2. The number of aromatic carboxylic acids is 1. The van der Waals surface area contributed by atoms with Crippen LogP contribution in [0.2, 0.25) is 0 Å². The summed E-state index contributed by atoms with van der Waals surface area (Å²) in [5.41, 5.74) is 2.11. The zero-order valence-corrected chi connectivity index (χ0v) is 12.1. The van der Waals surface area contributed by atoms with Crippen LogP contribution in [0.1, 0.15) is 16.1 Å². The zero-order valence-electron chi connectivity index (χ0n) is 8.95. The highest BCUT2D eigenvalue weighted by atomic mass is 79.9. The van der Waals surface area contributed by atoms with Crippen molar-refractivity contribution in [1.29, 1.82) is 0 Å². The lowest BCUT2D eigenvalue weighted by molar-refractivity contribution is 0.0688. The van der Waals surface area contributed by atoms with Crippen LogP contribution in [-0.2, 0) is 0 Å². The molecule has 0 radical (unpaired) electrons. The average molecular weight is 359 g/mol. The van der Waals surface area contributed by atoms with Crippen molar-refractivity contribution in [1.82, 2.24) is 4.57 Å². The fourth-order valence-electron chi connectivity index (χ4n) is 1.60. The Morgan fingerprint density at radius 3 is 2.65 bits per heavy atom. The van der Waals surface area contributed by atoms with Crippen molar-refractivity contribution in [2.75, 3.05) is 0 Å². The molecule has 0 bridgehead atoms. The Morgan fingerprint density at radius 1 is 1.29 bits per heavy atom. The second-order valence-electron chi connectivity index (χ2n) is 3.67. The van der Waals surface area contributed by atoms with Crippen LogP contribution in [0.25, 0.3) is 5.69 Å². The van der Waals surface area contributed by atoms with Gasteiger partial charge in [0, 0.05) is 15.1 Å². The van der Waals surface area contributed by atoms with E-state index in [9.17, 15) is 4.79 Å². The van der Waals surface area contributed by atoms with Crippen molar-refractivity contribution in [3.63, 3.8) is 0 Å². The second kappa shape index (κ2) is 4.66. The summed E-state index contributed by atoms with van der Waals surface area (Å²) >= 11 is 6.72. The van der Waals surface area contributed by atoms with Gasteiger partial charge in [0.2, 0.25) is 0 Å². The molecule has 5 heteroatoms. The minimum atomic E-state index is -0.955. The zero-order chi connectivity index (χ0) is 12.6. The number of aromatic nitrogens is 1. The van der Waals surface area contributed by atoms with Gasteiger partial charge < -0.3 is 9.67 Å². The van der Waals surface area contributed by atoms with Crippen molar-refractivity contribution in [2.24, 2.45) is 0 Å². The molecule has 0 aliphatic rings. The van der Waals surface area contributed by atoms with Crippen molar-refractivity contribution >= 4 is 37.8 Å². The van der Waals surface area contributed by atoms with Crippen LogP contribution in [0, 0.1) is 6.92 Å². The number of rotatable bonds is 2. The average Bonchev–Trinajstić information content (AvgIpc) is 2.64. The molecule has 1 N–H and O–H groups in total. The van der Waals surface area contributed by atoms with E-state index in [4.69, 9.17) is 5.11 Å². The van der Waals surface area contributed by atoms with Crippen LogP contribution in [0.5, 0.6) is 0 Å². The molecule has 0 aliphatic heterocycles. The van der Waals surface area contributed by atoms with Crippen molar-refractivity contribution in [2.45, 2.75) is 6.92 Å². The molecule has 2 aromatic rings. The van der Waals surface area contributed by atoms with Crippen LogP contribution >= 0.6 is 31.9 Å². The lowest BCUT2D eigenvalue weighted by Gasteiger charge is -2.09. The summed E-state index contributed by atoms with van der Waals surface area (Å²) in [5.74, 6) is -0.955. The van der Waals surface area contributed by atoms with Crippen LogP contribution in [0.3, 0.4) is 0 Å². The molecule has 0 spiro atoms. The minimum absolute atomic E-state index is 0.225. The minimum Gasteiger partial charge on any atom is -0.477 e. The van der Waals surface area contributed by atoms with Gasteiger partial charge in [-0.3, -0.25) is 0 Å². The second-order valence-corrected chi connectivity index (χ2v) is 5.44. The molecule has 88 valence electrons. The number of carbonyl (C=O) groups is 1. The van der Waals surface area contributed by atoms with Gasteiger partial charge in [0.15, 0.2) is 0 Å². The summed E-state index contributed by atoms with van der Waals surface area (Å²) in [7, 11) is 0. The lowest BCUT2D eigenvalue weighted by atomic mass is 10.2. The molecule has 0 unspecified atom stereocenters. The van der Waals surface area contributed by atoms with E-state index in [1.54, 1.807) is 16.8 Å². The number of halogens is 2. The molecule has 0 fully saturated rings. The Kier molecular flexibility index (Phi) is 3.40. The van der Waals surface area contributed by atoms with E-state index in [0.29, 0.717) is 0 Å². The Balaban J connectivity index is 2.67. The molecule has 1 aromatic carbocycles. The van der Waals surface area contributed by atoms with Crippen LogP contribution in [0.4, 0.5) is 0 Å². The number of carboxylic acid groups (broad SMARTS) is 1. The highest BCUT2D eigenvalue weighted by molar-refractivity contribution is 9.10. The number of carboxylic acids is 1. The van der Waals surface area contributed by atoms with Gasteiger partial charge in [-0.2, -0.15) is 0 Å². The largest absolute Gasteiger partial charge is 0.477 e. The summed E-state index contributed by atoms with van der Waals surface area (Å²) in [6, 6.07) is 7.39. The number of hydrogen-bond donors (Lipinski definition) is 1. The van der Waals surface area contributed by atoms with E-state index in [1.165, 1.54) is 0 Å². The molecule has 17 heavy (non-hydrogen) atoms. The smallest absolute Gasteiger partial charge is 0.352 e. The summed E-state index contributed by atoms with van der Waals surface area (Å²) in [6.45, 7) is 1.97. The first-order chi connectivity index (χ1) is 7.99. The Labute approximate surface area is 115 Å². The first-order valence-electron chi connectivity index (χ1n) is 4.87. The van der Waals surface area contributed by atoms with Crippen LogP contribution in [0.15, 0.2) is 39.4 Å². The summed E-state index contributed by atoms with van der Waals surface area (Å²) < 4.78 is 3.24. The normalized spacial score (nSPS) is 10.5. The van der Waals surface area contributed by atoms with Gasteiger partial charge in [0.05, 0.1) is 5.69 Å². The maximum Gasteiger partial charge on any atom is 0.352 e. The number of nitrogens with zero attached hydrogens (tertiary/aromatic N) is 1. The van der Waals surface area contributed by atoms with E-state index < -0.39 is 5.97 Å². The van der Waals surface area contributed by atoms with E-state index in [0.717, 1.165) is 20.2 Å². The third-order valence-corrected chi connectivity index (χ3v) is 3.47.